The summed E-state index contributed by atoms with van der Waals surface area (Å²) in [4.78, 5) is 28.7. The first-order valence-corrected chi connectivity index (χ1v) is 8.17. The van der Waals surface area contributed by atoms with E-state index in [1.807, 2.05) is 24.3 Å². The molecular formula is C19H18N4O3. The van der Waals surface area contributed by atoms with Crippen LogP contribution in [0.2, 0.25) is 0 Å². The van der Waals surface area contributed by atoms with Crippen molar-refractivity contribution in [3.8, 4) is 0 Å². The number of carbonyl (C=O) groups is 2. The Morgan fingerprint density at radius 3 is 2.23 bits per heavy atom. The summed E-state index contributed by atoms with van der Waals surface area (Å²) < 4.78 is 4.90. The third-order valence-corrected chi connectivity index (χ3v) is 3.70. The van der Waals surface area contributed by atoms with Gasteiger partial charge in [0, 0.05) is 11.8 Å². The van der Waals surface area contributed by atoms with Gasteiger partial charge in [-0.15, -0.1) is 0 Å². The fourth-order valence-corrected chi connectivity index (χ4v) is 2.31. The molecule has 7 nitrogen and oxygen atoms in total. The molecule has 0 atom stereocenters. The standard InChI is InChI=1S/C19H18N4O3/c1-3-13-7-9-14(10-8-13)20-18(24)15-5-4-6-16(21-15)19(25)22-17-11-12(2)26-23-17/h4-11H,3H2,1-2H3,(H,20,24)(H,22,23,25). The smallest absolute Gasteiger partial charge is 0.275 e. The van der Waals surface area contributed by atoms with Crippen LogP contribution < -0.4 is 10.6 Å². The third-order valence-electron chi connectivity index (χ3n) is 3.70. The number of carbonyl (C=O) groups excluding carboxylic acids is 2. The van der Waals surface area contributed by atoms with E-state index in [1.54, 1.807) is 25.1 Å². The maximum absolute atomic E-state index is 12.4. The predicted molar refractivity (Wildman–Crippen MR) is 97.2 cm³/mol. The quantitative estimate of drug-likeness (QED) is 0.734. The van der Waals surface area contributed by atoms with Crippen molar-refractivity contribution < 1.29 is 14.1 Å². The Morgan fingerprint density at radius 2 is 1.65 bits per heavy atom. The zero-order valence-electron chi connectivity index (χ0n) is 14.4. The largest absolute Gasteiger partial charge is 0.360 e. The predicted octanol–water partition coefficient (Wildman–Crippen LogP) is 3.45. The normalized spacial score (nSPS) is 10.4. The van der Waals surface area contributed by atoms with Gasteiger partial charge < -0.3 is 15.2 Å². The molecule has 0 unspecified atom stereocenters. The Labute approximate surface area is 150 Å². The molecule has 7 heteroatoms. The molecule has 0 fully saturated rings. The molecule has 132 valence electrons. The minimum absolute atomic E-state index is 0.111. The van der Waals surface area contributed by atoms with Gasteiger partial charge in [-0.25, -0.2) is 4.98 Å². The molecule has 26 heavy (non-hydrogen) atoms. The number of aryl methyl sites for hydroxylation is 2. The Hall–Kier alpha value is -3.48. The topological polar surface area (TPSA) is 97.1 Å². The van der Waals surface area contributed by atoms with E-state index in [2.05, 4.69) is 27.7 Å². The lowest BCUT2D eigenvalue weighted by Gasteiger charge is -2.07. The van der Waals surface area contributed by atoms with Crippen molar-refractivity contribution in [3.05, 3.63) is 71.2 Å². The molecule has 0 saturated carbocycles. The Kier molecular flexibility index (Phi) is 5.07. The van der Waals surface area contributed by atoms with Crippen molar-refractivity contribution in [3.63, 3.8) is 0 Å². The molecule has 0 aliphatic carbocycles. The van der Waals surface area contributed by atoms with E-state index in [0.29, 0.717) is 17.3 Å². The summed E-state index contributed by atoms with van der Waals surface area (Å²) >= 11 is 0. The maximum atomic E-state index is 12.4. The number of amides is 2. The van der Waals surface area contributed by atoms with Crippen LogP contribution in [0.25, 0.3) is 0 Å². The first-order valence-electron chi connectivity index (χ1n) is 8.17. The lowest BCUT2D eigenvalue weighted by Crippen LogP contribution is -2.18. The number of benzene rings is 1. The van der Waals surface area contributed by atoms with Crippen molar-refractivity contribution in [2.75, 3.05) is 10.6 Å². The van der Waals surface area contributed by atoms with Crippen molar-refractivity contribution in [1.82, 2.24) is 10.1 Å². The molecule has 0 spiro atoms. The first-order chi connectivity index (χ1) is 12.5. The van der Waals surface area contributed by atoms with Crippen LogP contribution in [0.5, 0.6) is 0 Å². The number of aromatic nitrogens is 2. The zero-order chi connectivity index (χ0) is 18.5. The van der Waals surface area contributed by atoms with Crippen LogP contribution >= 0.6 is 0 Å². The van der Waals surface area contributed by atoms with Gasteiger partial charge >= 0.3 is 0 Å². The van der Waals surface area contributed by atoms with Crippen molar-refractivity contribution in [2.45, 2.75) is 20.3 Å². The van der Waals surface area contributed by atoms with Gasteiger partial charge in [0.05, 0.1) is 0 Å². The van der Waals surface area contributed by atoms with E-state index >= 15 is 0 Å². The number of pyridine rings is 1. The highest BCUT2D eigenvalue weighted by Gasteiger charge is 2.14. The van der Waals surface area contributed by atoms with Gasteiger partial charge in [0.15, 0.2) is 5.82 Å². The second-order valence-electron chi connectivity index (χ2n) is 5.69. The number of nitrogens with one attached hydrogen (secondary N) is 2. The summed E-state index contributed by atoms with van der Waals surface area (Å²) in [6, 6.07) is 13.8. The molecule has 2 amide bonds. The van der Waals surface area contributed by atoms with Crippen LogP contribution in [0.1, 0.15) is 39.2 Å². The number of hydrogen-bond donors (Lipinski definition) is 2. The van der Waals surface area contributed by atoms with Crippen molar-refractivity contribution in [2.24, 2.45) is 0 Å². The average Bonchev–Trinajstić information content (AvgIpc) is 3.07. The molecule has 2 N–H and O–H groups in total. The van der Waals surface area contributed by atoms with Crippen LogP contribution in [0, 0.1) is 6.92 Å². The van der Waals surface area contributed by atoms with Crippen LogP contribution in [0.3, 0.4) is 0 Å². The van der Waals surface area contributed by atoms with Crippen molar-refractivity contribution in [1.29, 1.82) is 0 Å². The molecule has 1 aromatic carbocycles. The highest BCUT2D eigenvalue weighted by Crippen LogP contribution is 2.12. The summed E-state index contributed by atoms with van der Waals surface area (Å²) in [5.74, 6) is 0.0112. The van der Waals surface area contributed by atoms with Crippen LogP contribution in [0.15, 0.2) is 53.1 Å². The highest BCUT2D eigenvalue weighted by molar-refractivity contribution is 6.05. The fourth-order valence-electron chi connectivity index (χ4n) is 2.31. The van der Waals surface area contributed by atoms with Gasteiger partial charge in [-0.2, -0.15) is 0 Å². The number of hydrogen-bond acceptors (Lipinski definition) is 5. The van der Waals surface area contributed by atoms with E-state index in [1.165, 1.54) is 11.6 Å². The van der Waals surface area contributed by atoms with E-state index in [4.69, 9.17) is 4.52 Å². The fraction of sp³-hybridized carbons (Fsp3) is 0.158. The Morgan fingerprint density at radius 1 is 1.00 bits per heavy atom. The molecule has 3 rings (SSSR count). The minimum Gasteiger partial charge on any atom is -0.360 e. The van der Waals surface area contributed by atoms with Crippen LogP contribution in [-0.4, -0.2) is 22.0 Å². The second kappa shape index (κ2) is 7.60. The molecule has 2 aromatic heterocycles. The molecule has 0 saturated heterocycles. The minimum atomic E-state index is -0.472. The van der Waals surface area contributed by atoms with Gasteiger partial charge in [-0.3, -0.25) is 9.59 Å². The summed E-state index contributed by atoms with van der Waals surface area (Å²) in [6.07, 6.45) is 0.929. The Bertz CT molecular complexity index is 932. The van der Waals surface area contributed by atoms with Gasteiger partial charge in [0.1, 0.15) is 17.1 Å². The SMILES string of the molecule is CCc1ccc(NC(=O)c2cccc(C(=O)Nc3cc(C)on3)n2)cc1. The van der Waals surface area contributed by atoms with Crippen LogP contribution in [-0.2, 0) is 6.42 Å². The molecule has 0 bridgehead atoms. The Balaban J connectivity index is 1.71. The van der Waals surface area contributed by atoms with Gasteiger partial charge in [0.2, 0.25) is 0 Å². The summed E-state index contributed by atoms with van der Waals surface area (Å²) in [6.45, 7) is 3.79. The highest BCUT2D eigenvalue weighted by atomic mass is 16.5. The average molecular weight is 350 g/mol. The van der Waals surface area contributed by atoms with E-state index in [9.17, 15) is 9.59 Å². The lowest BCUT2D eigenvalue weighted by atomic mass is 10.1. The molecule has 2 heterocycles. The first kappa shape index (κ1) is 17.3. The molecule has 3 aromatic rings. The van der Waals surface area contributed by atoms with E-state index in [0.717, 1.165) is 6.42 Å². The molecule has 0 aliphatic rings. The molecular weight excluding hydrogens is 332 g/mol. The third kappa shape index (κ3) is 4.13. The van der Waals surface area contributed by atoms with Gasteiger partial charge in [0.25, 0.3) is 11.8 Å². The summed E-state index contributed by atoms with van der Waals surface area (Å²) in [5, 5.41) is 9.03. The van der Waals surface area contributed by atoms with Crippen LogP contribution in [0.4, 0.5) is 11.5 Å². The molecule has 0 radical (unpaired) electrons. The number of nitrogens with zero attached hydrogens (tertiary/aromatic N) is 2. The number of anilines is 2. The van der Waals surface area contributed by atoms with Crippen molar-refractivity contribution >= 4 is 23.3 Å². The molecule has 0 aliphatic heterocycles. The van der Waals surface area contributed by atoms with E-state index < -0.39 is 5.91 Å². The maximum Gasteiger partial charge on any atom is 0.275 e. The summed E-state index contributed by atoms with van der Waals surface area (Å²) in [7, 11) is 0. The van der Waals surface area contributed by atoms with Gasteiger partial charge in [-0.05, 0) is 43.2 Å². The summed E-state index contributed by atoms with van der Waals surface area (Å²) in [5.41, 5.74) is 2.11. The second-order valence-corrected chi connectivity index (χ2v) is 5.69. The van der Waals surface area contributed by atoms with E-state index in [-0.39, 0.29) is 17.3 Å². The number of rotatable bonds is 5. The zero-order valence-corrected chi connectivity index (χ0v) is 14.4. The monoisotopic (exact) mass is 350 g/mol. The lowest BCUT2D eigenvalue weighted by molar-refractivity contribution is 0.101. The van der Waals surface area contributed by atoms with Gasteiger partial charge in [-0.1, -0.05) is 30.3 Å².